The SMILES string of the molecule is Nc1cc(Cl)c(NC(=O)c2ccccc2O)c(Cl)c1. The average molecular weight is 297 g/mol. The van der Waals surface area contributed by atoms with Crippen LogP contribution in [0.25, 0.3) is 0 Å². The molecule has 4 N–H and O–H groups in total. The molecule has 6 heteroatoms. The first-order valence-electron chi connectivity index (χ1n) is 5.33. The average Bonchev–Trinajstić information content (AvgIpc) is 2.34. The van der Waals surface area contributed by atoms with Crippen molar-refractivity contribution in [2.24, 2.45) is 0 Å². The molecule has 0 saturated carbocycles. The van der Waals surface area contributed by atoms with Gasteiger partial charge in [-0.2, -0.15) is 0 Å². The first-order chi connectivity index (χ1) is 8.99. The van der Waals surface area contributed by atoms with Crippen LogP contribution in [0.5, 0.6) is 5.75 Å². The second-order valence-corrected chi connectivity index (χ2v) is 4.65. The molecule has 0 saturated heterocycles. The Balaban J connectivity index is 2.32. The highest BCUT2D eigenvalue weighted by atomic mass is 35.5. The number of carbonyl (C=O) groups excluding carboxylic acids is 1. The molecular formula is C13H10Cl2N2O2. The van der Waals surface area contributed by atoms with E-state index in [2.05, 4.69) is 5.32 Å². The number of carbonyl (C=O) groups is 1. The van der Waals surface area contributed by atoms with Crippen molar-refractivity contribution in [1.29, 1.82) is 0 Å². The molecule has 2 rings (SSSR count). The zero-order valence-electron chi connectivity index (χ0n) is 9.65. The summed E-state index contributed by atoms with van der Waals surface area (Å²) in [5.41, 5.74) is 6.36. The molecule has 0 aliphatic rings. The number of rotatable bonds is 2. The van der Waals surface area contributed by atoms with Crippen LogP contribution in [0, 0.1) is 0 Å². The summed E-state index contributed by atoms with van der Waals surface area (Å²) in [4.78, 5) is 12.0. The van der Waals surface area contributed by atoms with Gasteiger partial charge in [-0.1, -0.05) is 35.3 Å². The van der Waals surface area contributed by atoms with Crippen LogP contribution in [0.4, 0.5) is 11.4 Å². The lowest BCUT2D eigenvalue weighted by molar-refractivity contribution is 0.102. The van der Waals surface area contributed by atoms with E-state index >= 15 is 0 Å². The summed E-state index contributed by atoms with van der Waals surface area (Å²) in [6.07, 6.45) is 0. The van der Waals surface area contributed by atoms with Gasteiger partial charge in [-0.15, -0.1) is 0 Å². The molecule has 0 spiro atoms. The van der Waals surface area contributed by atoms with E-state index in [4.69, 9.17) is 28.9 Å². The summed E-state index contributed by atoms with van der Waals surface area (Å²) >= 11 is 11.9. The number of nitrogens with one attached hydrogen (secondary N) is 1. The molecule has 0 bridgehead atoms. The molecule has 4 nitrogen and oxygen atoms in total. The van der Waals surface area contributed by atoms with Gasteiger partial charge in [0.1, 0.15) is 5.75 Å². The summed E-state index contributed by atoms with van der Waals surface area (Å²) < 4.78 is 0. The Kier molecular flexibility index (Phi) is 3.83. The van der Waals surface area contributed by atoms with Crippen molar-refractivity contribution in [3.8, 4) is 5.75 Å². The third kappa shape index (κ3) is 2.92. The van der Waals surface area contributed by atoms with E-state index in [0.29, 0.717) is 5.69 Å². The molecule has 2 aromatic carbocycles. The number of nitrogens with two attached hydrogens (primary N) is 1. The number of aromatic hydroxyl groups is 1. The molecule has 0 aromatic heterocycles. The van der Waals surface area contributed by atoms with Crippen molar-refractivity contribution in [1.82, 2.24) is 0 Å². The third-order valence-corrected chi connectivity index (χ3v) is 3.05. The minimum atomic E-state index is -0.508. The van der Waals surface area contributed by atoms with Crippen LogP contribution in [-0.4, -0.2) is 11.0 Å². The van der Waals surface area contributed by atoms with Gasteiger partial charge in [0.15, 0.2) is 0 Å². The number of amides is 1. The molecule has 19 heavy (non-hydrogen) atoms. The van der Waals surface area contributed by atoms with Gasteiger partial charge in [-0.3, -0.25) is 4.79 Å². The Morgan fingerprint density at radius 2 is 1.74 bits per heavy atom. The van der Waals surface area contributed by atoms with Crippen molar-refractivity contribution in [2.45, 2.75) is 0 Å². The van der Waals surface area contributed by atoms with E-state index in [9.17, 15) is 9.90 Å². The van der Waals surface area contributed by atoms with E-state index in [-0.39, 0.29) is 27.0 Å². The molecule has 0 heterocycles. The second-order valence-electron chi connectivity index (χ2n) is 3.83. The van der Waals surface area contributed by atoms with Crippen LogP contribution in [0.1, 0.15) is 10.4 Å². The Morgan fingerprint density at radius 1 is 1.16 bits per heavy atom. The molecule has 98 valence electrons. The number of hydrogen-bond acceptors (Lipinski definition) is 3. The highest BCUT2D eigenvalue weighted by Gasteiger charge is 2.14. The maximum Gasteiger partial charge on any atom is 0.259 e. The number of nitrogen functional groups attached to an aromatic ring is 1. The fourth-order valence-electron chi connectivity index (χ4n) is 1.56. The standard InChI is InChI=1S/C13H10Cl2N2O2/c14-9-5-7(16)6-10(15)12(9)17-13(19)8-3-1-2-4-11(8)18/h1-6,18H,16H2,(H,17,19). The Morgan fingerprint density at radius 3 is 2.32 bits per heavy atom. The number of anilines is 2. The largest absolute Gasteiger partial charge is 0.507 e. The molecule has 0 radical (unpaired) electrons. The summed E-state index contributed by atoms with van der Waals surface area (Å²) in [6.45, 7) is 0. The summed E-state index contributed by atoms with van der Waals surface area (Å²) in [5, 5.41) is 12.6. The molecular weight excluding hydrogens is 287 g/mol. The van der Waals surface area contributed by atoms with E-state index in [0.717, 1.165) is 0 Å². The Hall–Kier alpha value is -1.91. The van der Waals surface area contributed by atoms with Gasteiger partial charge in [-0.05, 0) is 24.3 Å². The lowest BCUT2D eigenvalue weighted by Gasteiger charge is -2.10. The topological polar surface area (TPSA) is 75.3 Å². The number of phenolic OH excluding ortho intramolecular Hbond substituents is 1. The first-order valence-corrected chi connectivity index (χ1v) is 6.08. The van der Waals surface area contributed by atoms with Crippen molar-refractivity contribution in [3.05, 3.63) is 52.0 Å². The third-order valence-electron chi connectivity index (χ3n) is 2.45. The van der Waals surface area contributed by atoms with Gasteiger partial charge < -0.3 is 16.2 Å². The number of benzene rings is 2. The highest BCUT2D eigenvalue weighted by molar-refractivity contribution is 6.40. The molecule has 1 amide bonds. The number of para-hydroxylation sites is 1. The number of phenols is 1. The molecule has 2 aromatic rings. The van der Waals surface area contributed by atoms with Gasteiger partial charge >= 0.3 is 0 Å². The quantitative estimate of drug-likeness (QED) is 0.742. The minimum Gasteiger partial charge on any atom is -0.507 e. The van der Waals surface area contributed by atoms with Crippen molar-refractivity contribution < 1.29 is 9.90 Å². The molecule has 0 aliphatic carbocycles. The van der Waals surface area contributed by atoms with Gasteiger partial charge in [-0.25, -0.2) is 0 Å². The molecule has 0 unspecified atom stereocenters. The summed E-state index contributed by atoms with van der Waals surface area (Å²) in [7, 11) is 0. The maximum absolute atomic E-state index is 12.0. The van der Waals surface area contributed by atoms with Crippen LogP contribution in [0.15, 0.2) is 36.4 Å². The van der Waals surface area contributed by atoms with Crippen LogP contribution >= 0.6 is 23.2 Å². The fourth-order valence-corrected chi connectivity index (χ4v) is 2.16. The van der Waals surface area contributed by atoms with Crippen LogP contribution in [0.2, 0.25) is 10.0 Å². The predicted molar refractivity (Wildman–Crippen MR) is 76.9 cm³/mol. The number of hydrogen-bond donors (Lipinski definition) is 3. The van der Waals surface area contributed by atoms with E-state index in [1.807, 2.05) is 0 Å². The molecule has 0 atom stereocenters. The van der Waals surface area contributed by atoms with E-state index in [1.54, 1.807) is 12.1 Å². The fraction of sp³-hybridized carbons (Fsp3) is 0. The van der Waals surface area contributed by atoms with E-state index in [1.165, 1.54) is 24.3 Å². The van der Waals surface area contributed by atoms with E-state index < -0.39 is 5.91 Å². The van der Waals surface area contributed by atoms with Gasteiger partial charge in [0.2, 0.25) is 0 Å². The maximum atomic E-state index is 12.0. The Bertz CT molecular complexity index is 621. The number of halogens is 2. The van der Waals surface area contributed by atoms with Gasteiger partial charge in [0, 0.05) is 5.69 Å². The molecule has 0 fully saturated rings. The van der Waals surface area contributed by atoms with Gasteiger partial charge in [0.05, 0.1) is 21.3 Å². The summed E-state index contributed by atoms with van der Waals surface area (Å²) in [5.74, 6) is -0.630. The van der Waals surface area contributed by atoms with Crippen LogP contribution in [-0.2, 0) is 0 Å². The smallest absolute Gasteiger partial charge is 0.259 e. The zero-order valence-corrected chi connectivity index (χ0v) is 11.2. The normalized spacial score (nSPS) is 10.2. The van der Waals surface area contributed by atoms with Crippen LogP contribution < -0.4 is 11.1 Å². The van der Waals surface area contributed by atoms with Crippen molar-refractivity contribution in [2.75, 3.05) is 11.1 Å². The predicted octanol–water partition coefficient (Wildman–Crippen LogP) is 3.53. The van der Waals surface area contributed by atoms with Gasteiger partial charge in [0.25, 0.3) is 5.91 Å². The van der Waals surface area contributed by atoms with Crippen molar-refractivity contribution in [3.63, 3.8) is 0 Å². The highest BCUT2D eigenvalue weighted by Crippen LogP contribution is 2.33. The second kappa shape index (κ2) is 5.38. The zero-order chi connectivity index (χ0) is 14.0. The minimum absolute atomic E-state index is 0.123. The first kappa shape index (κ1) is 13.5. The van der Waals surface area contributed by atoms with Crippen molar-refractivity contribution >= 4 is 40.5 Å². The monoisotopic (exact) mass is 296 g/mol. The lowest BCUT2D eigenvalue weighted by atomic mass is 10.2. The molecule has 0 aliphatic heterocycles. The summed E-state index contributed by atoms with van der Waals surface area (Å²) in [6, 6.07) is 9.13. The Labute approximate surface area is 119 Å². The lowest BCUT2D eigenvalue weighted by Crippen LogP contribution is -2.13. The van der Waals surface area contributed by atoms with Crippen LogP contribution in [0.3, 0.4) is 0 Å².